The first kappa shape index (κ1) is 19.9. The molecule has 0 saturated carbocycles. The molecule has 4 aromatic carbocycles. The van der Waals surface area contributed by atoms with Gasteiger partial charge in [0.2, 0.25) is 11.6 Å². The minimum Gasteiger partial charge on any atom is -0.497 e. The molecular weight excluding hydrogens is 480 g/mol. The summed E-state index contributed by atoms with van der Waals surface area (Å²) in [5.74, 6) is 0.342. The Kier molecular flexibility index (Phi) is 4.49. The van der Waals surface area contributed by atoms with E-state index in [2.05, 4.69) is 15.9 Å². The highest BCUT2D eigenvalue weighted by Gasteiger charge is 2.43. The fraction of sp³-hybridized carbons (Fsp3) is 0.0714. The maximum Gasteiger partial charge on any atom is 0.234 e. The molecule has 6 rings (SSSR count). The number of hydrogen-bond acceptors (Lipinski definition) is 4. The van der Waals surface area contributed by atoms with E-state index < -0.39 is 17.5 Å². The number of ether oxygens (including phenoxy) is 2. The highest BCUT2D eigenvalue weighted by Crippen LogP contribution is 2.51. The summed E-state index contributed by atoms with van der Waals surface area (Å²) in [5.41, 5.74) is 3.17. The molecule has 0 bridgehead atoms. The van der Waals surface area contributed by atoms with Gasteiger partial charge in [0, 0.05) is 27.1 Å². The minimum atomic E-state index is -0.526. The molecular formula is C28H17BrO4. The van der Waals surface area contributed by atoms with E-state index in [1.165, 1.54) is 0 Å². The van der Waals surface area contributed by atoms with Gasteiger partial charge in [-0.3, -0.25) is 9.59 Å². The van der Waals surface area contributed by atoms with Crippen molar-refractivity contribution < 1.29 is 19.1 Å². The average Bonchev–Trinajstić information content (AvgIpc) is 2.86. The van der Waals surface area contributed by atoms with Gasteiger partial charge in [0.1, 0.15) is 17.3 Å². The van der Waals surface area contributed by atoms with Crippen LogP contribution in [-0.4, -0.2) is 18.7 Å². The quantitative estimate of drug-likeness (QED) is 0.305. The first-order valence-electron chi connectivity index (χ1n) is 10.5. The van der Waals surface area contributed by atoms with Crippen molar-refractivity contribution >= 4 is 44.0 Å². The van der Waals surface area contributed by atoms with Gasteiger partial charge in [-0.05, 0) is 46.7 Å². The lowest BCUT2D eigenvalue weighted by Crippen LogP contribution is -2.31. The van der Waals surface area contributed by atoms with Crippen LogP contribution in [0.15, 0.2) is 88.9 Å². The van der Waals surface area contributed by atoms with Crippen LogP contribution in [0.3, 0.4) is 0 Å². The molecule has 33 heavy (non-hydrogen) atoms. The summed E-state index contributed by atoms with van der Waals surface area (Å²) in [6, 6.07) is 24.8. The molecule has 1 atom stereocenters. The van der Waals surface area contributed by atoms with Gasteiger partial charge < -0.3 is 9.47 Å². The zero-order valence-corrected chi connectivity index (χ0v) is 19.2. The van der Waals surface area contributed by atoms with Crippen LogP contribution >= 0.6 is 15.9 Å². The Bertz CT molecular complexity index is 1520. The number of benzene rings is 4. The third-order valence-electron chi connectivity index (χ3n) is 6.33. The van der Waals surface area contributed by atoms with Crippen LogP contribution in [0.4, 0.5) is 0 Å². The molecule has 2 aliphatic rings. The average molecular weight is 497 g/mol. The van der Waals surface area contributed by atoms with E-state index in [1.54, 1.807) is 19.2 Å². The highest BCUT2D eigenvalue weighted by atomic mass is 79.9. The van der Waals surface area contributed by atoms with Crippen LogP contribution < -0.4 is 9.47 Å². The van der Waals surface area contributed by atoms with Crippen molar-refractivity contribution in [1.82, 2.24) is 0 Å². The molecule has 0 spiro atoms. The Balaban J connectivity index is 1.72. The summed E-state index contributed by atoms with van der Waals surface area (Å²) in [6.07, 6.45) is 0. The smallest absolute Gasteiger partial charge is 0.234 e. The number of hydrogen-bond donors (Lipinski definition) is 0. The summed E-state index contributed by atoms with van der Waals surface area (Å²) < 4.78 is 12.8. The van der Waals surface area contributed by atoms with Gasteiger partial charge >= 0.3 is 0 Å². The highest BCUT2D eigenvalue weighted by molar-refractivity contribution is 9.10. The lowest BCUT2D eigenvalue weighted by atomic mass is 9.74. The standard InChI is InChI=1S/C28H17BrO4/c1-32-18-12-8-15-9-13-22-24(21(15)14-18)23(16-6-10-17(29)11-7-16)25-27(31)26(30)19-4-2-3-5-20(19)28(25)33-22/h2-14,23H,1H3. The Morgan fingerprint density at radius 2 is 1.58 bits per heavy atom. The molecule has 0 fully saturated rings. The maximum atomic E-state index is 13.5. The monoisotopic (exact) mass is 496 g/mol. The Hall–Kier alpha value is -3.70. The zero-order valence-electron chi connectivity index (χ0n) is 17.6. The largest absolute Gasteiger partial charge is 0.497 e. The number of carbonyl (C=O) groups is 2. The third kappa shape index (κ3) is 2.96. The molecule has 1 aliphatic carbocycles. The predicted octanol–water partition coefficient (Wildman–Crippen LogP) is 6.31. The van der Waals surface area contributed by atoms with Gasteiger partial charge in [-0.2, -0.15) is 0 Å². The lowest BCUT2D eigenvalue weighted by Gasteiger charge is -2.34. The van der Waals surface area contributed by atoms with Crippen LogP contribution in [0.2, 0.25) is 0 Å². The summed E-state index contributed by atoms with van der Waals surface area (Å²) in [5, 5.41) is 1.92. The van der Waals surface area contributed by atoms with Crippen molar-refractivity contribution in [3.8, 4) is 11.5 Å². The van der Waals surface area contributed by atoms with Crippen molar-refractivity contribution in [3.05, 3.63) is 111 Å². The van der Waals surface area contributed by atoms with Crippen LogP contribution in [0.25, 0.3) is 16.5 Å². The molecule has 4 nitrogen and oxygen atoms in total. The van der Waals surface area contributed by atoms with Gasteiger partial charge in [-0.25, -0.2) is 0 Å². The van der Waals surface area contributed by atoms with E-state index >= 15 is 0 Å². The maximum absolute atomic E-state index is 13.5. The van der Waals surface area contributed by atoms with E-state index in [0.29, 0.717) is 34.0 Å². The van der Waals surface area contributed by atoms with E-state index in [4.69, 9.17) is 9.47 Å². The molecule has 0 N–H and O–H groups in total. The molecule has 160 valence electrons. The lowest BCUT2D eigenvalue weighted by molar-refractivity contribution is -0.112. The number of methoxy groups -OCH3 is 1. The number of ketones is 2. The Morgan fingerprint density at radius 1 is 0.848 bits per heavy atom. The van der Waals surface area contributed by atoms with Crippen molar-refractivity contribution in [3.63, 3.8) is 0 Å². The van der Waals surface area contributed by atoms with Crippen molar-refractivity contribution in [2.75, 3.05) is 7.11 Å². The van der Waals surface area contributed by atoms with Crippen LogP contribution in [-0.2, 0) is 4.79 Å². The van der Waals surface area contributed by atoms with Crippen LogP contribution in [0, 0.1) is 0 Å². The van der Waals surface area contributed by atoms with Crippen LogP contribution in [0.5, 0.6) is 11.5 Å². The zero-order chi connectivity index (χ0) is 22.7. The number of carbonyl (C=O) groups excluding carboxylic acids is 2. The van der Waals surface area contributed by atoms with Gasteiger partial charge in [0.05, 0.1) is 12.7 Å². The van der Waals surface area contributed by atoms with Crippen molar-refractivity contribution in [2.45, 2.75) is 5.92 Å². The van der Waals surface area contributed by atoms with E-state index in [0.717, 1.165) is 26.4 Å². The summed E-state index contributed by atoms with van der Waals surface area (Å²) in [6.45, 7) is 0. The van der Waals surface area contributed by atoms with Crippen LogP contribution in [0.1, 0.15) is 33.0 Å². The molecule has 5 heteroatoms. The fourth-order valence-electron chi connectivity index (χ4n) is 4.80. The molecule has 4 aromatic rings. The summed E-state index contributed by atoms with van der Waals surface area (Å²) >= 11 is 3.50. The number of allylic oxidation sites excluding steroid dienone is 1. The molecule has 0 saturated heterocycles. The second-order valence-corrected chi connectivity index (χ2v) is 9.01. The third-order valence-corrected chi connectivity index (χ3v) is 6.86. The van der Waals surface area contributed by atoms with Gasteiger partial charge in [0.15, 0.2) is 0 Å². The second kappa shape index (κ2) is 7.42. The van der Waals surface area contributed by atoms with Gasteiger partial charge in [0.25, 0.3) is 0 Å². The number of halogens is 1. The topological polar surface area (TPSA) is 52.6 Å². The molecule has 1 aliphatic heterocycles. The van der Waals surface area contributed by atoms with Gasteiger partial charge in [-0.1, -0.05) is 64.5 Å². The Labute approximate surface area is 198 Å². The number of Topliss-reactive ketones (excluding diaryl/α,β-unsaturated/α-hetero) is 2. The summed E-state index contributed by atoms with van der Waals surface area (Å²) in [7, 11) is 1.63. The fourth-order valence-corrected chi connectivity index (χ4v) is 5.07. The van der Waals surface area contributed by atoms with E-state index in [9.17, 15) is 9.59 Å². The van der Waals surface area contributed by atoms with Crippen molar-refractivity contribution in [1.29, 1.82) is 0 Å². The van der Waals surface area contributed by atoms with Gasteiger partial charge in [-0.15, -0.1) is 0 Å². The second-order valence-electron chi connectivity index (χ2n) is 8.10. The molecule has 1 unspecified atom stereocenters. The first-order chi connectivity index (χ1) is 16.1. The van der Waals surface area contributed by atoms with E-state index in [1.807, 2.05) is 66.7 Å². The Morgan fingerprint density at radius 3 is 2.33 bits per heavy atom. The molecule has 1 heterocycles. The SMILES string of the molecule is COc1ccc2ccc3c(c2c1)C(c1ccc(Br)cc1)C1=C(O3)c2ccccc2C(=O)C1=O. The number of rotatable bonds is 2. The normalized spacial score (nSPS) is 16.7. The summed E-state index contributed by atoms with van der Waals surface area (Å²) in [4.78, 5) is 26.6. The minimum absolute atomic E-state index is 0.377. The molecule has 0 radical (unpaired) electrons. The first-order valence-corrected chi connectivity index (χ1v) is 11.3. The number of fused-ring (bicyclic) bond motifs is 5. The molecule has 0 amide bonds. The van der Waals surface area contributed by atoms with E-state index in [-0.39, 0.29) is 0 Å². The van der Waals surface area contributed by atoms with Crippen molar-refractivity contribution in [2.24, 2.45) is 0 Å². The predicted molar refractivity (Wildman–Crippen MR) is 130 cm³/mol. The molecule has 0 aromatic heterocycles.